The summed E-state index contributed by atoms with van der Waals surface area (Å²) in [5.74, 6) is 0. The van der Waals surface area contributed by atoms with Crippen molar-refractivity contribution in [2.75, 3.05) is 0 Å². The van der Waals surface area contributed by atoms with E-state index < -0.39 is 16.1 Å². The Labute approximate surface area is 137 Å². The Kier molecular flexibility index (Phi) is 4.85. The van der Waals surface area contributed by atoms with Crippen LogP contribution in [0.5, 0.6) is 0 Å². The van der Waals surface area contributed by atoms with Crippen molar-refractivity contribution in [3.05, 3.63) is 45.3 Å². The minimum Gasteiger partial charge on any atom is -0.324 e. The maximum atomic E-state index is 12.3. The molecule has 9 heteroatoms. The van der Waals surface area contributed by atoms with Gasteiger partial charge in [-0.3, -0.25) is 0 Å². The summed E-state index contributed by atoms with van der Waals surface area (Å²) in [4.78, 5) is 3.80. The van der Waals surface area contributed by atoms with Crippen LogP contribution in [-0.2, 0) is 17.1 Å². The molecule has 0 aliphatic carbocycles. The maximum Gasteiger partial charge on any atom is 0.261 e. The van der Waals surface area contributed by atoms with E-state index in [0.717, 1.165) is 0 Å². The first-order valence-electron chi connectivity index (χ1n) is 5.86. The molecule has 0 saturated heterocycles. The molecule has 0 radical (unpaired) electrons. The lowest BCUT2D eigenvalue weighted by molar-refractivity contribution is 0.564. The molecular weight excluding hydrogens is 357 g/mol. The lowest BCUT2D eigenvalue weighted by atomic mass is 10.1. The quantitative estimate of drug-likeness (QED) is 0.899. The van der Waals surface area contributed by atoms with Gasteiger partial charge in [0.25, 0.3) is 10.0 Å². The van der Waals surface area contributed by atoms with E-state index in [1.807, 2.05) is 0 Å². The van der Waals surface area contributed by atoms with E-state index in [0.29, 0.717) is 15.6 Å². The fraction of sp³-hybridized carbons (Fsp3) is 0.250. The Morgan fingerprint density at radius 3 is 2.48 bits per heavy atom. The Balaban J connectivity index is 2.30. The third-order valence-corrected chi connectivity index (χ3v) is 5.44. The summed E-state index contributed by atoms with van der Waals surface area (Å²) < 4.78 is 28.5. The first-order valence-corrected chi connectivity index (χ1v) is 8.48. The molecule has 0 saturated carbocycles. The first-order chi connectivity index (χ1) is 9.72. The second kappa shape index (κ2) is 6.14. The topological polar surface area (TPSA) is 64.0 Å². The molecule has 0 amide bonds. The van der Waals surface area contributed by atoms with Gasteiger partial charge in [-0.25, -0.2) is 18.1 Å². The molecule has 21 heavy (non-hydrogen) atoms. The number of benzene rings is 1. The van der Waals surface area contributed by atoms with Gasteiger partial charge in [0.15, 0.2) is 0 Å². The fourth-order valence-corrected chi connectivity index (χ4v) is 4.00. The molecular formula is C12H12Cl3N3O2S. The molecule has 0 aliphatic heterocycles. The van der Waals surface area contributed by atoms with Gasteiger partial charge in [-0.05, 0) is 24.6 Å². The average Bonchev–Trinajstić information content (AvgIpc) is 2.69. The van der Waals surface area contributed by atoms with E-state index in [9.17, 15) is 8.42 Å². The summed E-state index contributed by atoms with van der Waals surface area (Å²) in [6.07, 6.45) is 1.33. The summed E-state index contributed by atoms with van der Waals surface area (Å²) >= 11 is 17.8. The molecule has 0 aliphatic rings. The highest BCUT2D eigenvalue weighted by molar-refractivity contribution is 7.89. The molecule has 1 aromatic carbocycles. The third-order valence-electron chi connectivity index (χ3n) is 2.85. The molecule has 0 bridgehead atoms. The number of nitrogens with one attached hydrogen (secondary N) is 1. The summed E-state index contributed by atoms with van der Waals surface area (Å²) in [7, 11) is -2.24. The Morgan fingerprint density at radius 1 is 1.29 bits per heavy atom. The fourth-order valence-electron chi connectivity index (χ4n) is 1.78. The highest BCUT2D eigenvalue weighted by Gasteiger charge is 2.25. The van der Waals surface area contributed by atoms with E-state index >= 15 is 0 Å². The Bertz CT molecular complexity index is 774. The highest BCUT2D eigenvalue weighted by atomic mass is 35.5. The SMILES string of the molecule is CC(NS(=O)(=O)c1ncn(C)c1Cl)c1ccc(Cl)cc1Cl. The largest absolute Gasteiger partial charge is 0.324 e. The molecule has 114 valence electrons. The molecule has 1 aromatic heterocycles. The Morgan fingerprint density at radius 2 is 1.95 bits per heavy atom. The molecule has 1 unspecified atom stereocenters. The smallest absolute Gasteiger partial charge is 0.261 e. The lowest BCUT2D eigenvalue weighted by Crippen LogP contribution is -2.27. The van der Waals surface area contributed by atoms with Gasteiger partial charge in [-0.15, -0.1) is 0 Å². The molecule has 2 rings (SSSR count). The number of halogens is 3. The summed E-state index contributed by atoms with van der Waals surface area (Å²) in [6.45, 7) is 1.67. The van der Waals surface area contributed by atoms with E-state index in [2.05, 4.69) is 9.71 Å². The van der Waals surface area contributed by atoms with Crippen LogP contribution in [0, 0.1) is 0 Å². The number of aromatic nitrogens is 2. The van der Waals surface area contributed by atoms with Crippen LogP contribution in [0.3, 0.4) is 0 Å². The molecule has 1 atom stereocenters. The number of rotatable bonds is 4. The molecule has 5 nitrogen and oxygen atoms in total. The molecule has 1 heterocycles. The van der Waals surface area contributed by atoms with Crippen LogP contribution in [-0.4, -0.2) is 18.0 Å². The molecule has 0 fully saturated rings. The van der Waals surface area contributed by atoms with Crippen molar-refractivity contribution in [3.8, 4) is 0 Å². The van der Waals surface area contributed by atoms with Crippen molar-refractivity contribution in [1.29, 1.82) is 0 Å². The number of aryl methyl sites for hydroxylation is 1. The van der Waals surface area contributed by atoms with E-state index in [4.69, 9.17) is 34.8 Å². The minimum absolute atomic E-state index is 0.0388. The van der Waals surface area contributed by atoms with Crippen molar-refractivity contribution in [3.63, 3.8) is 0 Å². The predicted molar refractivity (Wildman–Crippen MR) is 83.4 cm³/mol. The van der Waals surface area contributed by atoms with Crippen LogP contribution < -0.4 is 4.72 Å². The van der Waals surface area contributed by atoms with Gasteiger partial charge >= 0.3 is 0 Å². The second-order valence-electron chi connectivity index (χ2n) is 4.46. The summed E-state index contributed by atoms with van der Waals surface area (Å²) in [6, 6.07) is 4.30. The van der Waals surface area contributed by atoms with Crippen LogP contribution >= 0.6 is 34.8 Å². The van der Waals surface area contributed by atoms with Crippen LogP contribution in [0.2, 0.25) is 15.2 Å². The molecule has 1 N–H and O–H groups in total. The zero-order valence-electron chi connectivity index (χ0n) is 11.1. The third kappa shape index (κ3) is 3.52. The number of sulfonamides is 1. The number of hydrogen-bond acceptors (Lipinski definition) is 3. The van der Waals surface area contributed by atoms with Crippen molar-refractivity contribution in [2.24, 2.45) is 7.05 Å². The average molecular weight is 369 g/mol. The normalized spacial score (nSPS) is 13.4. The predicted octanol–water partition coefficient (Wildman–Crippen LogP) is 3.42. The van der Waals surface area contributed by atoms with E-state index in [1.165, 1.54) is 10.9 Å². The summed E-state index contributed by atoms with van der Waals surface area (Å²) in [5.41, 5.74) is 0.608. The van der Waals surface area contributed by atoms with Gasteiger partial charge in [0.05, 0.1) is 6.33 Å². The molecule has 2 aromatic rings. The van der Waals surface area contributed by atoms with Gasteiger partial charge in [-0.1, -0.05) is 40.9 Å². The standard InChI is InChI=1S/C12H12Cl3N3O2S/c1-7(9-4-3-8(13)5-10(9)14)17-21(19,20)12-11(15)18(2)6-16-12/h3-7,17H,1-2H3. The van der Waals surface area contributed by atoms with Crippen molar-refractivity contribution in [1.82, 2.24) is 14.3 Å². The van der Waals surface area contributed by atoms with Gasteiger partial charge in [0.1, 0.15) is 5.15 Å². The van der Waals surface area contributed by atoms with Crippen molar-refractivity contribution >= 4 is 44.8 Å². The van der Waals surface area contributed by atoms with Gasteiger partial charge in [0, 0.05) is 23.1 Å². The maximum absolute atomic E-state index is 12.3. The first kappa shape index (κ1) is 16.6. The molecule has 0 spiro atoms. The lowest BCUT2D eigenvalue weighted by Gasteiger charge is -2.15. The van der Waals surface area contributed by atoms with Crippen molar-refractivity contribution < 1.29 is 8.42 Å². The van der Waals surface area contributed by atoms with E-state index in [1.54, 1.807) is 32.2 Å². The highest BCUT2D eigenvalue weighted by Crippen LogP contribution is 2.28. The van der Waals surface area contributed by atoms with Crippen LogP contribution in [0.1, 0.15) is 18.5 Å². The minimum atomic E-state index is -3.85. The van der Waals surface area contributed by atoms with Gasteiger partial charge < -0.3 is 4.57 Å². The van der Waals surface area contributed by atoms with E-state index in [-0.39, 0.29) is 10.2 Å². The monoisotopic (exact) mass is 367 g/mol. The number of hydrogen-bond donors (Lipinski definition) is 1. The van der Waals surface area contributed by atoms with Gasteiger partial charge in [0.2, 0.25) is 5.03 Å². The van der Waals surface area contributed by atoms with Crippen LogP contribution in [0.4, 0.5) is 0 Å². The van der Waals surface area contributed by atoms with Crippen LogP contribution in [0.15, 0.2) is 29.6 Å². The van der Waals surface area contributed by atoms with Crippen molar-refractivity contribution in [2.45, 2.75) is 18.0 Å². The number of nitrogens with zero attached hydrogens (tertiary/aromatic N) is 2. The zero-order valence-corrected chi connectivity index (χ0v) is 14.2. The van der Waals surface area contributed by atoms with Crippen LogP contribution in [0.25, 0.3) is 0 Å². The summed E-state index contributed by atoms with van der Waals surface area (Å²) in [5, 5.41) is 0.678. The number of imidazole rings is 1. The van der Waals surface area contributed by atoms with Gasteiger partial charge in [-0.2, -0.15) is 0 Å². The zero-order chi connectivity index (χ0) is 15.8. The Hall–Kier alpha value is -0.790. The second-order valence-corrected chi connectivity index (χ2v) is 7.29.